The van der Waals surface area contributed by atoms with Crippen LogP contribution in [0.15, 0.2) is 28.9 Å². The second-order valence-electron chi connectivity index (χ2n) is 5.81. The molecule has 1 atom stereocenters. The maximum atomic E-state index is 12.5. The third kappa shape index (κ3) is 5.08. The van der Waals surface area contributed by atoms with Crippen molar-refractivity contribution in [2.24, 2.45) is 5.92 Å². The van der Waals surface area contributed by atoms with E-state index in [1.807, 2.05) is 19.9 Å². The van der Waals surface area contributed by atoms with E-state index < -0.39 is 6.04 Å². The quantitative estimate of drug-likeness (QED) is 0.720. The summed E-state index contributed by atoms with van der Waals surface area (Å²) in [7, 11) is 0. The van der Waals surface area contributed by atoms with Crippen molar-refractivity contribution in [2.75, 3.05) is 6.54 Å². The van der Waals surface area contributed by atoms with Gasteiger partial charge in [0.1, 0.15) is 22.7 Å². The largest absolute Gasteiger partial charge is 0.464 e. The van der Waals surface area contributed by atoms with Crippen LogP contribution in [-0.2, 0) is 4.79 Å². The lowest BCUT2D eigenvalue weighted by Crippen LogP contribution is -2.47. The van der Waals surface area contributed by atoms with Gasteiger partial charge in [0, 0.05) is 5.56 Å². The molecule has 0 aromatic carbocycles. The fourth-order valence-corrected chi connectivity index (χ4v) is 3.45. The Hall–Kier alpha value is -2.30. The molecule has 0 aliphatic carbocycles. The molecule has 6 nitrogen and oxygen atoms in total. The van der Waals surface area contributed by atoms with Crippen LogP contribution in [0, 0.1) is 17.2 Å². The summed E-state index contributed by atoms with van der Waals surface area (Å²) >= 11 is 7.32. The smallest absolute Gasteiger partial charge is 0.262 e. The van der Waals surface area contributed by atoms with Gasteiger partial charge in [0.05, 0.1) is 17.2 Å². The minimum Gasteiger partial charge on any atom is -0.464 e. The lowest BCUT2D eigenvalue weighted by Gasteiger charge is -2.19. The number of hydrogen-bond acceptors (Lipinski definition) is 5. The zero-order chi connectivity index (χ0) is 18.4. The highest BCUT2D eigenvalue weighted by Crippen LogP contribution is 2.35. The van der Waals surface area contributed by atoms with E-state index in [2.05, 4.69) is 10.6 Å². The summed E-state index contributed by atoms with van der Waals surface area (Å²) in [6.45, 7) is 3.80. The molecule has 25 heavy (non-hydrogen) atoms. The van der Waals surface area contributed by atoms with Crippen LogP contribution < -0.4 is 10.6 Å². The van der Waals surface area contributed by atoms with Crippen molar-refractivity contribution in [3.8, 4) is 17.4 Å². The van der Waals surface area contributed by atoms with E-state index in [1.54, 1.807) is 18.2 Å². The monoisotopic (exact) mass is 379 g/mol. The molecule has 0 bridgehead atoms. The lowest BCUT2D eigenvalue weighted by molar-refractivity contribution is -0.123. The first kappa shape index (κ1) is 19.0. The number of furan rings is 1. The van der Waals surface area contributed by atoms with E-state index in [9.17, 15) is 9.59 Å². The highest BCUT2D eigenvalue weighted by molar-refractivity contribution is 7.18. The van der Waals surface area contributed by atoms with Gasteiger partial charge < -0.3 is 15.1 Å². The summed E-state index contributed by atoms with van der Waals surface area (Å²) < 4.78 is 5.74. The van der Waals surface area contributed by atoms with Gasteiger partial charge in [-0.2, -0.15) is 5.26 Å². The fraction of sp³-hybridized carbons (Fsp3) is 0.353. The van der Waals surface area contributed by atoms with Crippen molar-refractivity contribution in [3.05, 3.63) is 33.7 Å². The molecular formula is C17H18ClN3O3S. The first-order valence-corrected chi connectivity index (χ1v) is 8.90. The molecule has 8 heteroatoms. The Morgan fingerprint density at radius 1 is 1.44 bits per heavy atom. The fourth-order valence-electron chi connectivity index (χ4n) is 2.26. The number of rotatable bonds is 7. The number of hydrogen-bond donors (Lipinski definition) is 2. The summed E-state index contributed by atoms with van der Waals surface area (Å²) in [6.07, 6.45) is 1.99. The molecule has 2 heterocycles. The molecule has 0 saturated carbocycles. The molecule has 0 aliphatic rings. The maximum absolute atomic E-state index is 12.5. The number of carbonyl (C=O) groups is 2. The Morgan fingerprint density at radius 3 is 2.80 bits per heavy atom. The zero-order valence-corrected chi connectivity index (χ0v) is 15.4. The molecule has 0 spiro atoms. The molecule has 2 aromatic heterocycles. The normalized spacial score (nSPS) is 11.8. The summed E-state index contributed by atoms with van der Waals surface area (Å²) in [5.41, 5.74) is 0.635. The lowest BCUT2D eigenvalue weighted by atomic mass is 10.0. The Kier molecular flexibility index (Phi) is 6.62. The van der Waals surface area contributed by atoms with Gasteiger partial charge in [0.2, 0.25) is 5.91 Å². The summed E-state index contributed by atoms with van der Waals surface area (Å²) in [4.78, 5) is 25.1. The number of halogens is 1. The predicted molar refractivity (Wildman–Crippen MR) is 96.4 cm³/mol. The van der Waals surface area contributed by atoms with Crippen LogP contribution in [0.1, 0.15) is 29.9 Å². The first-order chi connectivity index (χ1) is 11.9. The van der Waals surface area contributed by atoms with Gasteiger partial charge in [0.25, 0.3) is 5.91 Å². The van der Waals surface area contributed by atoms with Crippen LogP contribution >= 0.6 is 22.9 Å². The molecule has 2 aromatic rings. The molecule has 0 saturated heterocycles. The van der Waals surface area contributed by atoms with Gasteiger partial charge in [0.15, 0.2) is 0 Å². The van der Waals surface area contributed by atoms with Gasteiger partial charge in [-0.1, -0.05) is 25.4 Å². The van der Waals surface area contributed by atoms with Crippen LogP contribution in [-0.4, -0.2) is 24.4 Å². The van der Waals surface area contributed by atoms with Crippen LogP contribution in [0.5, 0.6) is 0 Å². The molecular weight excluding hydrogens is 362 g/mol. The summed E-state index contributed by atoms with van der Waals surface area (Å²) in [5, 5.41) is 13.8. The number of nitrogens with zero attached hydrogens (tertiary/aromatic N) is 1. The number of nitriles is 1. The molecule has 0 unspecified atom stereocenters. The Balaban J connectivity index is 2.14. The number of nitrogens with one attached hydrogen (secondary N) is 2. The Bertz CT molecular complexity index is 778. The van der Waals surface area contributed by atoms with Crippen molar-refractivity contribution >= 4 is 34.8 Å². The predicted octanol–water partition coefficient (Wildman–Crippen LogP) is 3.45. The van der Waals surface area contributed by atoms with Crippen molar-refractivity contribution in [2.45, 2.75) is 26.3 Å². The van der Waals surface area contributed by atoms with Crippen LogP contribution in [0.3, 0.4) is 0 Å². The topological polar surface area (TPSA) is 95.1 Å². The minimum absolute atomic E-state index is 0.100. The SMILES string of the molecule is CC(C)C[C@H](NC(=O)c1cc(-c2ccco2)c(Cl)s1)C(=O)NCC#N. The van der Waals surface area contributed by atoms with E-state index >= 15 is 0 Å². The molecule has 2 N–H and O–H groups in total. The van der Waals surface area contributed by atoms with Gasteiger partial charge in [-0.15, -0.1) is 11.3 Å². The van der Waals surface area contributed by atoms with Crippen molar-refractivity contribution < 1.29 is 14.0 Å². The van der Waals surface area contributed by atoms with E-state index in [4.69, 9.17) is 21.3 Å². The zero-order valence-electron chi connectivity index (χ0n) is 13.8. The van der Waals surface area contributed by atoms with Crippen molar-refractivity contribution in [1.82, 2.24) is 10.6 Å². The molecule has 0 radical (unpaired) electrons. The second-order valence-corrected chi connectivity index (χ2v) is 7.46. The summed E-state index contributed by atoms with van der Waals surface area (Å²) in [6, 6.07) is 6.27. The number of carbonyl (C=O) groups excluding carboxylic acids is 2. The second kappa shape index (κ2) is 8.70. The van der Waals surface area contributed by atoms with Gasteiger partial charge >= 0.3 is 0 Å². The maximum Gasteiger partial charge on any atom is 0.262 e. The van der Waals surface area contributed by atoms with Crippen molar-refractivity contribution in [3.63, 3.8) is 0 Å². The third-order valence-corrected chi connectivity index (χ3v) is 4.73. The van der Waals surface area contributed by atoms with Gasteiger partial charge in [-0.3, -0.25) is 9.59 Å². The van der Waals surface area contributed by atoms with Crippen LogP contribution in [0.25, 0.3) is 11.3 Å². The highest BCUT2D eigenvalue weighted by atomic mass is 35.5. The Morgan fingerprint density at radius 2 is 2.20 bits per heavy atom. The van der Waals surface area contributed by atoms with Gasteiger partial charge in [-0.05, 0) is 30.5 Å². The van der Waals surface area contributed by atoms with Crippen LogP contribution in [0.2, 0.25) is 4.34 Å². The van der Waals surface area contributed by atoms with E-state index in [0.717, 1.165) is 11.3 Å². The summed E-state index contributed by atoms with van der Waals surface area (Å²) in [5.74, 6) is 0.00880. The van der Waals surface area contributed by atoms with E-state index in [-0.39, 0.29) is 24.3 Å². The standard InChI is InChI=1S/C17H18ClN3O3S/c1-10(2)8-12(16(22)20-6-5-19)21-17(23)14-9-11(15(18)25-14)13-4-3-7-24-13/h3-4,7,9-10,12H,6,8H2,1-2H3,(H,20,22)(H,21,23)/t12-/m0/s1. The minimum atomic E-state index is -0.714. The first-order valence-electron chi connectivity index (χ1n) is 7.71. The van der Waals surface area contributed by atoms with Crippen molar-refractivity contribution in [1.29, 1.82) is 5.26 Å². The molecule has 0 aliphatic heterocycles. The van der Waals surface area contributed by atoms with E-state index in [0.29, 0.717) is 27.0 Å². The van der Waals surface area contributed by atoms with E-state index in [1.165, 1.54) is 6.26 Å². The average Bonchev–Trinajstić information content (AvgIpc) is 3.20. The molecule has 132 valence electrons. The number of thiophene rings is 1. The molecule has 2 rings (SSSR count). The number of amides is 2. The Labute approximate surface area is 154 Å². The van der Waals surface area contributed by atoms with Gasteiger partial charge in [-0.25, -0.2) is 0 Å². The highest BCUT2D eigenvalue weighted by Gasteiger charge is 2.24. The van der Waals surface area contributed by atoms with Crippen LogP contribution in [0.4, 0.5) is 0 Å². The molecule has 2 amide bonds. The average molecular weight is 380 g/mol. The molecule has 0 fully saturated rings. The third-order valence-electron chi connectivity index (χ3n) is 3.37.